The largest absolute Gasteiger partial charge is 0.494 e. The van der Waals surface area contributed by atoms with Gasteiger partial charge in [0, 0.05) is 12.5 Å². The van der Waals surface area contributed by atoms with Crippen LogP contribution in [0.25, 0.3) is 0 Å². The molecule has 0 fully saturated rings. The van der Waals surface area contributed by atoms with Crippen molar-refractivity contribution < 1.29 is 19.3 Å². The third-order valence-electron chi connectivity index (χ3n) is 5.01. The molecule has 0 radical (unpaired) electrons. The van der Waals surface area contributed by atoms with Gasteiger partial charge in [-0.1, -0.05) is 54.6 Å². The SMILES string of the molecule is CCOc1ccc(C(O)(c2ccc(F)cc2)C(CCO)c2ccccc2)cc1. The van der Waals surface area contributed by atoms with Crippen molar-refractivity contribution in [3.63, 3.8) is 0 Å². The van der Waals surface area contributed by atoms with Crippen LogP contribution in [0, 0.1) is 5.82 Å². The summed E-state index contributed by atoms with van der Waals surface area (Å²) in [5.41, 5.74) is 0.685. The Bertz CT molecular complexity index is 863. The van der Waals surface area contributed by atoms with Crippen LogP contribution in [0.3, 0.4) is 0 Å². The van der Waals surface area contributed by atoms with E-state index in [2.05, 4.69) is 0 Å². The minimum Gasteiger partial charge on any atom is -0.494 e. The second-order valence-electron chi connectivity index (χ2n) is 6.71. The molecule has 0 saturated carbocycles. The number of aliphatic hydroxyl groups excluding tert-OH is 1. The van der Waals surface area contributed by atoms with E-state index in [4.69, 9.17) is 4.74 Å². The molecule has 0 amide bonds. The number of halogens is 1. The average molecular weight is 380 g/mol. The number of rotatable bonds is 8. The molecule has 0 spiro atoms. The summed E-state index contributed by atoms with van der Waals surface area (Å²) in [6.45, 7) is 2.38. The van der Waals surface area contributed by atoms with Gasteiger partial charge in [-0.25, -0.2) is 4.39 Å². The van der Waals surface area contributed by atoms with Crippen molar-refractivity contribution in [1.82, 2.24) is 0 Å². The molecule has 3 aromatic rings. The van der Waals surface area contributed by atoms with Crippen LogP contribution in [0.15, 0.2) is 78.9 Å². The van der Waals surface area contributed by atoms with Crippen molar-refractivity contribution in [2.45, 2.75) is 24.9 Å². The van der Waals surface area contributed by atoms with Gasteiger partial charge in [0.15, 0.2) is 0 Å². The molecule has 3 aromatic carbocycles. The second kappa shape index (κ2) is 9.00. The first-order chi connectivity index (χ1) is 13.6. The fraction of sp³-hybridized carbons (Fsp3) is 0.250. The van der Waals surface area contributed by atoms with Gasteiger partial charge in [-0.05, 0) is 54.3 Å². The molecule has 0 saturated heterocycles. The molecular weight excluding hydrogens is 355 g/mol. The fourth-order valence-corrected chi connectivity index (χ4v) is 3.68. The zero-order chi connectivity index (χ0) is 20.0. The maximum Gasteiger partial charge on any atom is 0.123 e. The number of hydrogen-bond donors (Lipinski definition) is 2. The maximum atomic E-state index is 13.5. The Balaban J connectivity index is 2.16. The van der Waals surface area contributed by atoms with Crippen LogP contribution < -0.4 is 4.74 Å². The lowest BCUT2D eigenvalue weighted by Crippen LogP contribution is -2.35. The number of ether oxygens (including phenoxy) is 1. The van der Waals surface area contributed by atoms with E-state index in [0.29, 0.717) is 29.9 Å². The summed E-state index contributed by atoms with van der Waals surface area (Å²) in [7, 11) is 0. The Morgan fingerprint density at radius 1 is 0.893 bits per heavy atom. The highest BCUT2D eigenvalue weighted by atomic mass is 19.1. The van der Waals surface area contributed by atoms with E-state index < -0.39 is 11.5 Å². The molecule has 146 valence electrons. The summed E-state index contributed by atoms with van der Waals surface area (Å²) in [5.74, 6) is -0.0653. The smallest absolute Gasteiger partial charge is 0.123 e. The van der Waals surface area contributed by atoms with Crippen LogP contribution in [0.5, 0.6) is 5.75 Å². The maximum absolute atomic E-state index is 13.5. The summed E-state index contributed by atoms with van der Waals surface area (Å²) < 4.78 is 19.1. The highest BCUT2D eigenvalue weighted by Crippen LogP contribution is 2.44. The Hall–Kier alpha value is -2.69. The predicted molar refractivity (Wildman–Crippen MR) is 108 cm³/mol. The van der Waals surface area contributed by atoms with Gasteiger partial charge in [-0.15, -0.1) is 0 Å². The summed E-state index contributed by atoms with van der Waals surface area (Å²) in [6, 6.07) is 22.7. The van der Waals surface area contributed by atoms with Crippen molar-refractivity contribution in [3.05, 3.63) is 101 Å². The lowest BCUT2D eigenvalue weighted by molar-refractivity contribution is 0.0392. The molecule has 0 aliphatic heterocycles. The minimum absolute atomic E-state index is 0.0832. The first-order valence-corrected chi connectivity index (χ1v) is 9.47. The van der Waals surface area contributed by atoms with Gasteiger partial charge in [0.25, 0.3) is 0 Å². The Labute approximate surface area is 165 Å². The lowest BCUT2D eigenvalue weighted by atomic mass is 9.71. The van der Waals surface area contributed by atoms with Gasteiger partial charge in [-0.2, -0.15) is 0 Å². The molecule has 3 rings (SSSR count). The molecule has 3 nitrogen and oxygen atoms in total. The topological polar surface area (TPSA) is 49.7 Å². The zero-order valence-electron chi connectivity index (χ0n) is 15.9. The van der Waals surface area contributed by atoms with E-state index in [9.17, 15) is 14.6 Å². The minimum atomic E-state index is -1.44. The molecular formula is C24H25FO3. The van der Waals surface area contributed by atoms with Crippen molar-refractivity contribution in [3.8, 4) is 5.75 Å². The highest BCUT2D eigenvalue weighted by molar-refractivity contribution is 5.43. The van der Waals surface area contributed by atoms with Crippen molar-refractivity contribution >= 4 is 0 Å². The van der Waals surface area contributed by atoms with E-state index in [-0.39, 0.29) is 12.4 Å². The molecule has 2 atom stereocenters. The predicted octanol–water partition coefficient (Wildman–Crippen LogP) is 4.63. The average Bonchev–Trinajstić information content (AvgIpc) is 2.73. The molecule has 2 N–H and O–H groups in total. The first kappa shape index (κ1) is 20.1. The number of hydrogen-bond acceptors (Lipinski definition) is 3. The molecule has 2 unspecified atom stereocenters. The molecule has 0 aliphatic carbocycles. The molecule has 0 bridgehead atoms. The zero-order valence-corrected chi connectivity index (χ0v) is 15.9. The van der Waals surface area contributed by atoms with E-state index >= 15 is 0 Å². The highest BCUT2D eigenvalue weighted by Gasteiger charge is 2.40. The fourth-order valence-electron chi connectivity index (χ4n) is 3.68. The van der Waals surface area contributed by atoms with E-state index in [1.807, 2.05) is 61.5 Å². The van der Waals surface area contributed by atoms with E-state index in [1.54, 1.807) is 12.1 Å². The third kappa shape index (κ3) is 4.08. The Morgan fingerprint density at radius 3 is 2.00 bits per heavy atom. The quantitative estimate of drug-likeness (QED) is 0.599. The van der Waals surface area contributed by atoms with Gasteiger partial charge >= 0.3 is 0 Å². The van der Waals surface area contributed by atoms with Gasteiger partial charge < -0.3 is 14.9 Å². The van der Waals surface area contributed by atoms with Crippen molar-refractivity contribution in [2.24, 2.45) is 0 Å². The first-order valence-electron chi connectivity index (χ1n) is 9.47. The van der Waals surface area contributed by atoms with Gasteiger partial charge in [0.2, 0.25) is 0 Å². The van der Waals surface area contributed by atoms with Crippen LogP contribution >= 0.6 is 0 Å². The third-order valence-corrected chi connectivity index (χ3v) is 5.01. The molecule has 0 heterocycles. The van der Waals surface area contributed by atoms with E-state index in [0.717, 1.165) is 5.56 Å². The van der Waals surface area contributed by atoms with Crippen LogP contribution in [-0.4, -0.2) is 23.4 Å². The molecule has 28 heavy (non-hydrogen) atoms. The van der Waals surface area contributed by atoms with Gasteiger partial charge in [0.1, 0.15) is 17.2 Å². The standard InChI is InChI=1S/C24H25FO3/c1-2-28-22-14-10-20(11-15-22)24(27,19-8-12-21(25)13-9-19)23(16-17-26)18-6-4-3-5-7-18/h3-15,23,26-27H,2,16-17H2,1H3. The summed E-state index contributed by atoms with van der Waals surface area (Å²) >= 11 is 0. The second-order valence-corrected chi connectivity index (χ2v) is 6.71. The molecule has 0 aliphatic rings. The normalized spacial score (nSPS) is 14.3. The summed E-state index contributed by atoms with van der Waals surface area (Å²) in [4.78, 5) is 0. The summed E-state index contributed by atoms with van der Waals surface area (Å²) in [5, 5.41) is 21.8. The van der Waals surface area contributed by atoms with E-state index in [1.165, 1.54) is 12.1 Å². The van der Waals surface area contributed by atoms with Gasteiger partial charge in [-0.3, -0.25) is 0 Å². The Kier molecular flexibility index (Phi) is 6.45. The van der Waals surface area contributed by atoms with Crippen LogP contribution in [0.1, 0.15) is 36.0 Å². The summed E-state index contributed by atoms with van der Waals surface area (Å²) in [6.07, 6.45) is 0.352. The van der Waals surface area contributed by atoms with Crippen LogP contribution in [-0.2, 0) is 5.60 Å². The lowest BCUT2D eigenvalue weighted by Gasteiger charge is -2.38. The van der Waals surface area contributed by atoms with Crippen LogP contribution in [0.4, 0.5) is 4.39 Å². The number of benzene rings is 3. The van der Waals surface area contributed by atoms with Crippen LogP contribution in [0.2, 0.25) is 0 Å². The van der Waals surface area contributed by atoms with Crippen molar-refractivity contribution in [1.29, 1.82) is 0 Å². The number of aliphatic hydroxyl groups is 2. The Morgan fingerprint density at radius 2 is 1.46 bits per heavy atom. The van der Waals surface area contributed by atoms with Crippen molar-refractivity contribution in [2.75, 3.05) is 13.2 Å². The molecule has 0 aromatic heterocycles. The van der Waals surface area contributed by atoms with Gasteiger partial charge in [0.05, 0.1) is 6.61 Å². The monoisotopic (exact) mass is 380 g/mol. The molecule has 4 heteroatoms.